The van der Waals surface area contributed by atoms with Gasteiger partial charge < -0.3 is 14.8 Å². The average molecular weight is 517 g/mol. The van der Waals surface area contributed by atoms with Gasteiger partial charge in [-0.05, 0) is 66.6 Å². The summed E-state index contributed by atoms with van der Waals surface area (Å²) in [4.78, 5) is 64.2. The second kappa shape index (κ2) is 10.2. The fraction of sp³-hybridized carbons (Fsp3) is 0.345. The second-order valence-corrected chi connectivity index (χ2v) is 10.3. The predicted octanol–water partition coefficient (Wildman–Crippen LogP) is 3.61. The third kappa shape index (κ3) is 4.83. The van der Waals surface area contributed by atoms with Gasteiger partial charge in [-0.15, -0.1) is 0 Å². The highest BCUT2D eigenvalue weighted by atomic mass is 16.5. The number of nitrogens with one attached hydrogen (secondary N) is 1. The number of carbonyl (C=O) groups is 5. The lowest BCUT2D eigenvalue weighted by atomic mass is 9.85. The molecule has 1 heterocycles. The molecule has 196 valence electrons. The Hall–Kier alpha value is -4.27. The van der Waals surface area contributed by atoms with Crippen LogP contribution in [-0.4, -0.2) is 42.9 Å². The van der Waals surface area contributed by atoms with E-state index in [0.29, 0.717) is 23.5 Å². The van der Waals surface area contributed by atoms with E-state index in [1.54, 1.807) is 24.3 Å². The normalized spacial score (nSPS) is 23.1. The fourth-order valence-corrected chi connectivity index (χ4v) is 5.36. The van der Waals surface area contributed by atoms with Gasteiger partial charge in [-0.1, -0.05) is 32.1 Å². The molecule has 1 N–H and O–H groups in total. The minimum absolute atomic E-state index is 0.0908. The maximum Gasteiger partial charge on any atom is 0.338 e. The number of anilines is 2. The Morgan fingerprint density at radius 2 is 1.53 bits per heavy atom. The number of hydrogen-bond acceptors (Lipinski definition) is 7. The number of benzene rings is 2. The number of esters is 2. The van der Waals surface area contributed by atoms with Crippen LogP contribution in [-0.2, 0) is 23.9 Å². The summed E-state index contributed by atoms with van der Waals surface area (Å²) in [5.74, 6) is -2.51. The van der Waals surface area contributed by atoms with Crippen molar-refractivity contribution in [2.24, 2.45) is 29.6 Å². The van der Waals surface area contributed by atoms with Crippen LogP contribution in [0.5, 0.6) is 0 Å². The number of nitrogens with zero attached hydrogens (tertiary/aromatic N) is 1. The number of imide groups is 1. The van der Waals surface area contributed by atoms with Crippen LogP contribution in [0.25, 0.3) is 0 Å². The van der Waals surface area contributed by atoms with Crippen molar-refractivity contribution < 1.29 is 33.4 Å². The van der Waals surface area contributed by atoms with E-state index >= 15 is 0 Å². The molecular formula is C29H28N2O7. The van der Waals surface area contributed by atoms with Crippen LogP contribution < -0.4 is 10.2 Å². The van der Waals surface area contributed by atoms with E-state index in [2.05, 4.69) is 5.32 Å². The quantitative estimate of drug-likeness (QED) is 0.323. The first kappa shape index (κ1) is 25.4. The van der Waals surface area contributed by atoms with Crippen molar-refractivity contribution in [3.63, 3.8) is 0 Å². The van der Waals surface area contributed by atoms with E-state index in [0.717, 1.165) is 6.42 Å². The number of fused-ring (bicyclic) bond motifs is 5. The van der Waals surface area contributed by atoms with Crippen molar-refractivity contribution in [1.29, 1.82) is 0 Å². The Morgan fingerprint density at radius 3 is 2.16 bits per heavy atom. The first-order valence-corrected chi connectivity index (χ1v) is 12.6. The van der Waals surface area contributed by atoms with E-state index in [1.165, 1.54) is 29.2 Å². The molecule has 0 spiro atoms. The lowest BCUT2D eigenvalue weighted by Crippen LogP contribution is -2.33. The first-order chi connectivity index (χ1) is 18.2. The molecule has 0 radical (unpaired) electrons. The maximum atomic E-state index is 13.1. The van der Waals surface area contributed by atoms with E-state index in [9.17, 15) is 24.0 Å². The number of hydrogen-bond donors (Lipinski definition) is 1. The molecule has 2 aromatic carbocycles. The van der Waals surface area contributed by atoms with Gasteiger partial charge in [0.2, 0.25) is 11.8 Å². The zero-order valence-corrected chi connectivity index (χ0v) is 21.1. The third-order valence-electron chi connectivity index (χ3n) is 7.10. The number of carbonyl (C=O) groups excluding carboxylic acids is 5. The summed E-state index contributed by atoms with van der Waals surface area (Å²) < 4.78 is 10.3. The highest BCUT2D eigenvalue weighted by Crippen LogP contribution is 2.53. The fourth-order valence-electron chi connectivity index (χ4n) is 5.36. The standard InChI is InChI=1S/C29H28N2O7/c1-16(2)14-37-28(35)17-8-10-21(11-9-17)30-23(32)15-38-29(36)20-4-3-5-22(13-20)31-26(33)24-18-6-7-19(12-18)25(24)27(31)34/h3-11,13,16,18-19,24-25H,12,14-15H2,1-2H3,(H,30,32)/t18-,19-,24-,25+/m0/s1. The molecule has 2 bridgehead atoms. The average Bonchev–Trinajstić information content (AvgIpc) is 3.59. The zero-order chi connectivity index (χ0) is 27.0. The van der Waals surface area contributed by atoms with Crippen molar-refractivity contribution in [2.45, 2.75) is 20.3 Å². The van der Waals surface area contributed by atoms with Crippen molar-refractivity contribution in [1.82, 2.24) is 0 Å². The molecule has 4 atom stereocenters. The van der Waals surface area contributed by atoms with Crippen molar-refractivity contribution in [3.05, 3.63) is 71.8 Å². The predicted molar refractivity (Wildman–Crippen MR) is 137 cm³/mol. The summed E-state index contributed by atoms with van der Waals surface area (Å²) >= 11 is 0. The highest BCUT2D eigenvalue weighted by molar-refractivity contribution is 6.23. The van der Waals surface area contributed by atoms with E-state index in [-0.39, 0.29) is 47.0 Å². The van der Waals surface area contributed by atoms with E-state index in [4.69, 9.17) is 9.47 Å². The molecule has 2 fully saturated rings. The van der Waals surface area contributed by atoms with Gasteiger partial charge in [-0.2, -0.15) is 0 Å². The van der Waals surface area contributed by atoms with Gasteiger partial charge >= 0.3 is 11.9 Å². The van der Waals surface area contributed by atoms with Gasteiger partial charge in [0.1, 0.15) is 0 Å². The first-order valence-electron chi connectivity index (χ1n) is 12.6. The number of rotatable bonds is 8. The van der Waals surface area contributed by atoms with Crippen molar-refractivity contribution >= 4 is 41.0 Å². The van der Waals surface area contributed by atoms with Gasteiger partial charge in [0, 0.05) is 5.69 Å². The molecule has 2 aromatic rings. The van der Waals surface area contributed by atoms with Crippen molar-refractivity contribution in [2.75, 3.05) is 23.4 Å². The Balaban J connectivity index is 1.16. The Bertz CT molecular complexity index is 1300. The number of allylic oxidation sites excluding steroid dienone is 2. The van der Waals surface area contributed by atoms with Crippen LogP contribution in [0.2, 0.25) is 0 Å². The molecule has 1 aliphatic heterocycles. The molecule has 9 nitrogen and oxygen atoms in total. The Kier molecular flexibility index (Phi) is 6.84. The Labute approximate surface area is 219 Å². The van der Waals surface area contributed by atoms with Crippen LogP contribution in [0.15, 0.2) is 60.7 Å². The topological polar surface area (TPSA) is 119 Å². The molecular weight excluding hydrogens is 488 g/mol. The molecule has 0 aromatic heterocycles. The van der Waals surface area contributed by atoms with E-state index < -0.39 is 24.5 Å². The Morgan fingerprint density at radius 1 is 0.895 bits per heavy atom. The molecule has 5 rings (SSSR count). The van der Waals surface area contributed by atoms with Gasteiger partial charge in [0.05, 0.1) is 35.3 Å². The molecule has 1 saturated carbocycles. The SMILES string of the molecule is CC(C)COC(=O)c1ccc(NC(=O)COC(=O)c2cccc(N3C(=O)[C@@H]4[C@H](C3=O)[C@H]3C=C[C@H]4C3)c2)cc1. The molecule has 9 heteroatoms. The van der Waals surface area contributed by atoms with Crippen LogP contribution in [0.1, 0.15) is 41.0 Å². The van der Waals surface area contributed by atoms with E-state index in [1.807, 2.05) is 26.0 Å². The smallest absolute Gasteiger partial charge is 0.338 e. The monoisotopic (exact) mass is 516 g/mol. The van der Waals surface area contributed by atoms with Crippen molar-refractivity contribution in [3.8, 4) is 0 Å². The summed E-state index contributed by atoms with van der Waals surface area (Å²) in [5, 5.41) is 2.60. The maximum absolute atomic E-state index is 13.1. The molecule has 2 aliphatic carbocycles. The molecule has 3 aliphatic rings. The summed E-state index contributed by atoms with van der Waals surface area (Å²) in [6.07, 6.45) is 4.88. The third-order valence-corrected chi connectivity index (χ3v) is 7.10. The minimum Gasteiger partial charge on any atom is -0.462 e. The molecule has 38 heavy (non-hydrogen) atoms. The lowest BCUT2D eigenvalue weighted by molar-refractivity contribution is -0.123. The van der Waals surface area contributed by atoms with Crippen LogP contribution in [0.4, 0.5) is 11.4 Å². The van der Waals surface area contributed by atoms with Crippen LogP contribution >= 0.6 is 0 Å². The molecule has 1 saturated heterocycles. The summed E-state index contributed by atoms with van der Waals surface area (Å²) in [6, 6.07) is 12.3. The minimum atomic E-state index is -0.758. The van der Waals surface area contributed by atoms with Crippen LogP contribution in [0.3, 0.4) is 0 Å². The second-order valence-electron chi connectivity index (χ2n) is 10.3. The largest absolute Gasteiger partial charge is 0.462 e. The summed E-state index contributed by atoms with van der Waals surface area (Å²) in [5.41, 5.74) is 1.23. The highest BCUT2D eigenvalue weighted by Gasteiger charge is 2.59. The van der Waals surface area contributed by atoms with Gasteiger partial charge in [0.15, 0.2) is 6.61 Å². The van der Waals surface area contributed by atoms with Gasteiger partial charge in [0.25, 0.3) is 5.91 Å². The van der Waals surface area contributed by atoms with Crippen LogP contribution in [0, 0.1) is 29.6 Å². The zero-order valence-electron chi connectivity index (χ0n) is 21.1. The lowest BCUT2D eigenvalue weighted by Gasteiger charge is -2.18. The van der Waals surface area contributed by atoms with Gasteiger partial charge in [-0.3, -0.25) is 14.4 Å². The number of amides is 3. The summed E-state index contributed by atoms with van der Waals surface area (Å²) in [7, 11) is 0. The van der Waals surface area contributed by atoms with Gasteiger partial charge in [-0.25, -0.2) is 14.5 Å². The molecule has 0 unspecified atom stereocenters. The molecule has 3 amide bonds. The summed E-state index contributed by atoms with van der Waals surface area (Å²) in [6.45, 7) is 3.66. The number of ether oxygens (including phenoxy) is 2.